The van der Waals surface area contributed by atoms with Gasteiger partial charge in [-0.2, -0.15) is 0 Å². The van der Waals surface area contributed by atoms with Crippen LogP contribution in [-0.2, 0) is 4.74 Å². The number of hydrogen-bond donors (Lipinski definition) is 3. The first-order chi connectivity index (χ1) is 18.1. The fourth-order valence-corrected chi connectivity index (χ4v) is 5.77. The number of carboxylic acid groups (broad SMARTS) is 1. The number of rotatable bonds is 4. The summed E-state index contributed by atoms with van der Waals surface area (Å²) < 4.78 is 5.71. The molecule has 3 aliphatic heterocycles. The van der Waals surface area contributed by atoms with E-state index in [4.69, 9.17) is 9.73 Å². The second kappa shape index (κ2) is 10.5. The summed E-state index contributed by atoms with van der Waals surface area (Å²) in [5.74, 6) is 1.77. The van der Waals surface area contributed by atoms with Crippen molar-refractivity contribution < 1.29 is 19.4 Å². The lowest BCUT2D eigenvalue weighted by atomic mass is 9.89. The molecule has 2 atom stereocenters. The summed E-state index contributed by atoms with van der Waals surface area (Å²) in [6, 6.07) is 7.92. The Morgan fingerprint density at radius 1 is 1.13 bits per heavy atom. The van der Waals surface area contributed by atoms with E-state index in [-0.39, 0.29) is 29.7 Å². The fourth-order valence-electron chi connectivity index (χ4n) is 5.77. The molecule has 0 radical (unpaired) electrons. The highest BCUT2D eigenvalue weighted by Gasteiger charge is 2.44. The van der Waals surface area contributed by atoms with Gasteiger partial charge in [-0.05, 0) is 83.2 Å². The van der Waals surface area contributed by atoms with Crippen LogP contribution < -0.4 is 10.6 Å². The van der Waals surface area contributed by atoms with Crippen molar-refractivity contribution in [3.05, 3.63) is 41.2 Å². The summed E-state index contributed by atoms with van der Waals surface area (Å²) in [6.07, 6.45) is 3.00. The highest BCUT2D eigenvalue weighted by Crippen LogP contribution is 2.38. The van der Waals surface area contributed by atoms with E-state index < -0.39 is 6.09 Å². The van der Waals surface area contributed by atoms with E-state index in [0.29, 0.717) is 32.7 Å². The van der Waals surface area contributed by atoms with Crippen LogP contribution in [0.2, 0.25) is 0 Å². The molecule has 1 aliphatic carbocycles. The Hall–Kier alpha value is -3.27. The van der Waals surface area contributed by atoms with Crippen molar-refractivity contribution in [2.24, 2.45) is 4.99 Å². The van der Waals surface area contributed by atoms with Crippen molar-refractivity contribution in [2.45, 2.75) is 77.0 Å². The van der Waals surface area contributed by atoms with E-state index in [1.165, 1.54) is 16.9 Å². The minimum Gasteiger partial charge on any atom is -0.465 e. The molecule has 10 nitrogen and oxygen atoms in total. The topological polar surface area (TPSA) is 110 Å². The number of ether oxygens (including phenoxy) is 1. The molecule has 3 heterocycles. The number of benzene rings is 1. The molecule has 3 fully saturated rings. The van der Waals surface area contributed by atoms with E-state index in [9.17, 15) is 14.7 Å². The molecule has 10 heteroatoms. The number of anilines is 1. The van der Waals surface area contributed by atoms with Crippen LogP contribution in [-0.4, -0.2) is 94.3 Å². The van der Waals surface area contributed by atoms with Gasteiger partial charge in [-0.15, -0.1) is 0 Å². The summed E-state index contributed by atoms with van der Waals surface area (Å²) in [6.45, 7) is 11.5. The molecule has 0 aromatic heterocycles. The van der Waals surface area contributed by atoms with Gasteiger partial charge in [-0.1, -0.05) is 0 Å². The van der Waals surface area contributed by atoms with Gasteiger partial charge in [-0.25, -0.2) is 14.6 Å². The second-order valence-electron chi connectivity index (χ2n) is 11.7. The molecule has 38 heavy (non-hydrogen) atoms. The number of aliphatic imine (C=N–C) groups is 1. The Balaban J connectivity index is 1.50. The highest BCUT2D eigenvalue weighted by atomic mass is 16.5. The molecule has 5 rings (SSSR count). The number of likely N-dealkylation sites (tertiary alicyclic amines) is 1. The van der Waals surface area contributed by atoms with Crippen molar-refractivity contribution in [3.8, 4) is 0 Å². The number of hydrogen-bond acceptors (Lipinski definition) is 6. The van der Waals surface area contributed by atoms with E-state index >= 15 is 0 Å². The predicted octanol–water partition coefficient (Wildman–Crippen LogP) is 3.91. The molecule has 0 bridgehead atoms. The summed E-state index contributed by atoms with van der Waals surface area (Å²) in [7, 11) is 0. The third-order valence-electron chi connectivity index (χ3n) is 7.96. The summed E-state index contributed by atoms with van der Waals surface area (Å²) in [5.41, 5.74) is 2.53. The lowest BCUT2D eigenvalue weighted by Gasteiger charge is -2.52. The number of nitrogens with zero attached hydrogens (tertiary/aromatic N) is 4. The van der Waals surface area contributed by atoms with Crippen LogP contribution in [0.1, 0.15) is 58.9 Å². The first kappa shape index (κ1) is 26.3. The van der Waals surface area contributed by atoms with Gasteiger partial charge in [0, 0.05) is 42.5 Å². The van der Waals surface area contributed by atoms with Crippen LogP contribution in [0.4, 0.5) is 15.3 Å². The van der Waals surface area contributed by atoms with E-state index in [0.717, 1.165) is 42.3 Å². The number of fused-ring (bicyclic) bond motifs is 1. The number of piperidine rings is 1. The first-order valence-electron chi connectivity index (χ1n) is 13.7. The summed E-state index contributed by atoms with van der Waals surface area (Å²) in [4.78, 5) is 35.8. The second-order valence-corrected chi connectivity index (χ2v) is 11.7. The van der Waals surface area contributed by atoms with E-state index in [1.54, 1.807) is 0 Å². The zero-order valence-electron chi connectivity index (χ0n) is 22.9. The van der Waals surface area contributed by atoms with E-state index in [2.05, 4.69) is 48.1 Å². The minimum absolute atomic E-state index is 0.122. The summed E-state index contributed by atoms with van der Waals surface area (Å²) >= 11 is 0. The molecule has 3 amide bonds. The lowest BCUT2D eigenvalue weighted by molar-refractivity contribution is 0.0129. The molecular weight excluding hydrogens is 484 g/mol. The minimum atomic E-state index is -0.890. The Morgan fingerprint density at radius 3 is 2.47 bits per heavy atom. The van der Waals surface area contributed by atoms with Crippen LogP contribution in [0.3, 0.4) is 0 Å². The number of morpholine rings is 1. The number of amidine groups is 1. The average Bonchev–Trinajstić information content (AvgIpc) is 2.85. The first-order valence-corrected chi connectivity index (χ1v) is 13.7. The van der Waals surface area contributed by atoms with Gasteiger partial charge in [0.2, 0.25) is 0 Å². The molecule has 1 aromatic carbocycles. The number of amides is 3. The zero-order chi connectivity index (χ0) is 27.0. The number of carbonyl (C=O) groups is 2. The molecule has 1 saturated carbocycles. The van der Waals surface area contributed by atoms with Crippen LogP contribution in [0, 0.1) is 0 Å². The Bertz CT molecular complexity index is 1120. The molecule has 0 spiro atoms. The third-order valence-corrected chi connectivity index (χ3v) is 7.96. The molecular formula is C28H40N6O4. The zero-order valence-corrected chi connectivity index (χ0v) is 22.9. The summed E-state index contributed by atoms with van der Waals surface area (Å²) in [5, 5.41) is 15.8. The van der Waals surface area contributed by atoms with Gasteiger partial charge >= 0.3 is 12.1 Å². The Kier molecular flexibility index (Phi) is 7.26. The fraction of sp³-hybridized carbons (Fsp3) is 0.607. The van der Waals surface area contributed by atoms with Crippen molar-refractivity contribution in [1.29, 1.82) is 0 Å². The molecule has 4 aliphatic rings. The number of carbonyl (C=O) groups excluding carboxylic acids is 1. The van der Waals surface area contributed by atoms with Crippen LogP contribution >= 0.6 is 0 Å². The molecule has 206 valence electrons. The highest BCUT2D eigenvalue weighted by molar-refractivity contribution is 6.01. The lowest BCUT2D eigenvalue weighted by Crippen LogP contribution is -2.61. The Labute approximate surface area is 224 Å². The van der Waals surface area contributed by atoms with Crippen LogP contribution in [0.25, 0.3) is 0 Å². The van der Waals surface area contributed by atoms with Gasteiger partial charge in [0.25, 0.3) is 0 Å². The van der Waals surface area contributed by atoms with Crippen LogP contribution in [0.15, 0.2) is 40.7 Å². The standard InChI is InChI=1S/C28H40N6O4/c1-18-17-38-15-14-33(18)25-22-12-13-32(27(36)37)16-23(22)34(28(2,3)4)24(31-25)19-8-10-21(11-9-19)30-26(35)29-20-6-5-7-20/h8-11,18,20,23H,5-7,12-17H2,1-4H3,(H,36,37)(H2,29,30,35). The van der Waals surface area contributed by atoms with Crippen molar-refractivity contribution in [2.75, 3.05) is 38.2 Å². The van der Waals surface area contributed by atoms with Gasteiger partial charge < -0.3 is 35.2 Å². The van der Waals surface area contributed by atoms with Gasteiger partial charge in [-0.3, -0.25) is 0 Å². The molecule has 2 unspecified atom stereocenters. The SMILES string of the molecule is CC1COCCN1C1=C2CCN(C(=O)O)CC2N(C(C)(C)C)C(c2ccc(NC(=O)NC3CCC3)cc2)=N1. The van der Waals surface area contributed by atoms with Gasteiger partial charge in [0.15, 0.2) is 0 Å². The predicted molar refractivity (Wildman–Crippen MR) is 146 cm³/mol. The third kappa shape index (κ3) is 5.32. The quantitative estimate of drug-likeness (QED) is 0.551. The maximum Gasteiger partial charge on any atom is 0.407 e. The van der Waals surface area contributed by atoms with Crippen LogP contribution in [0.5, 0.6) is 0 Å². The number of urea groups is 1. The van der Waals surface area contributed by atoms with Crippen molar-refractivity contribution in [3.63, 3.8) is 0 Å². The monoisotopic (exact) mass is 524 g/mol. The maximum atomic E-state index is 12.3. The largest absolute Gasteiger partial charge is 0.465 e. The number of nitrogens with one attached hydrogen (secondary N) is 2. The molecule has 1 aromatic rings. The van der Waals surface area contributed by atoms with Gasteiger partial charge in [0.05, 0.1) is 25.3 Å². The van der Waals surface area contributed by atoms with Crippen molar-refractivity contribution in [1.82, 2.24) is 20.0 Å². The molecule has 3 N–H and O–H groups in total. The molecule has 2 saturated heterocycles. The van der Waals surface area contributed by atoms with Gasteiger partial charge in [0.1, 0.15) is 11.7 Å². The Morgan fingerprint density at radius 2 is 1.87 bits per heavy atom. The normalized spacial score (nSPS) is 24.4. The van der Waals surface area contributed by atoms with Crippen molar-refractivity contribution >= 4 is 23.6 Å². The maximum absolute atomic E-state index is 12.3. The van der Waals surface area contributed by atoms with E-state index in [1.807, 2.05) is 24.3 Å². The average molecular weight is 525 g/mol. The smallest absolute Gasteiger partial charge is 0.407 e.